The summed E-state index contributed by atoms with van der Waals surface area (Å²) < 4.78 is 29.9. The van der Waals surface area contributed by atoms with E-state index in [9.17, 15) is 13.7 Å². The molecule has 0 fully saturated rings. The van der Waals surface area contributed by atoms with Gasteiger partial charge in [0.05, 0.1) is 10.2 Å². The average Bonchev–Trinajstić information content (AvgIpc) is 3.09. The number of hydrogen-bond donors (Lipinski definition) is 0. The number of thiazole rings is 1. The van der Waals surface area contributed by atoms with Crippen molar-refractivity contribution < 1.29 is 12.7 Å². The summed E-state index contributed by atoms with van der Waals surface area (Å²) >= 11 is 1.25. The Morgan fingerprint density at radius 3 is 2.41 bits per heavy atom. The van der Waals surface area contributed by atoms with Gasteiger partial charge in [0, 0.05) is 0 Å². The summed E-state index contributed by atoms with van der Waals surface area (Å²) in [7, 11) is -4.10. The van der Waals surface area contributed by atoms with Crippen LogP contribution in [0.25, 0.3) is 21.0 Å². The summed E-state index contributed by atoms with van der Waals surface area (Å²) in [6.45, 7) is 0. The van der Waals surface area contributed by atoms with Crippen LogP contribution in [0.3, 0.4) is 0 Å². The van der Waals surface area contributed by atoms with Crippen molar-refractivity contribution in [2.45, 2.75) is 4.90 Å². The van der Waals surface area contributed by atoms with Crippen molar-refractivity contribution in [3.05, 3.63) is 71.7 Å². The first kappa shape index (κ1) is 17.1. The van der Waals surface area contributed by atoms with Crippen molar-refractivity contribution >= 4 is 48.2 Å². The first-order valence-electron chi connectivity index (χ1n) is 7.83. The quantitative estimate of drug-likeness (QED) is 0.385. The Labute approximate surface area is 159 Å². The second-order valence-corrected chi connectivity index (χ2v) is 8.14. The van der Waals surface area contributed by atoms with Gasteiger partial charge in [0.2, 0.25) is 5.71 Å². The first-order valence-corrected chi connectivity index (χ1v) is 10.1. The van der Waals surface area contributed by atoms with Crippen LogP contribution >= 0.6 is 11.3 Å². The van der Waals surface area contributed by atoms with E-state index in [1.807, 2.05) is 42.5 Å². The van der Waals surface area contributed by atoms with E-state index < -0.39 is 10.1 Å². The zero-order valence-electron chi connectivity index (χ0n) is 13.7. The SMILES string of the molecule is N#C/C(=N\OS(=O)(=O)c1ccccc1)c1nc2cc3ccccc3cc2s1. The monoisotopic (exact) mass is 393 g/mol. The minimum atomic E-state index is -4.10. The Morgan fingerprint density at radius 1 is 1.04 bits per heavy atom. The molecule has 1 heterocycles. The molecule has 3 aromatic carbocycles. The number of nitriles is 1. The molecule has 1 aromatic heterocycles. The molecule has 8 heteroatoms. The number of rotatable bonds is 4. The molecule has 0 aliphatic carbocycles. The zero-order chi connectivity index (χ0) is 18.9. The van der Waals surface area contributed by atoms with Crippen molar-refractivity contribution in [2.75, 3.05) is 0 Å². The Kier molecular flexibility index (Phi) is 4.32. The lowest BCUT2D eigenvalue weighted by atomic mass is 10.1. The van der Waals surface area contributed by atoms with Crippen molar-refractivity contribution in [2.24, 2.45) is 5.16 Å². The predicted molar refractivity (Wildman–Crippen MR) is 104 cm³/mol. The number of benzene rings is 3. The molecule has 0 aliphatic heterocycles. The van der Waals surface area contributed by atoms with E-state index in [-0.39, 0.29) is 10.6 Å². The van der Waals surface area contributed by atoms with Crippen LogP contribution in [0.15, 0.2) is 76.8 Å². The molecule has 6 nitrogen and oxygen atoms in total. The molecular formula is C19H11N3O3S2. The molecule has 0 spiro atoms. The van der Waals surface area contributed by atoms with E-state index in [1.54, 1.807) is 18.2 Å². The lowest BCUT2D eigenvalue weighted by molar-refractivity contribution is 0.339. The topological polar surface area (TPSA) is 92.4 Å². The van der Waals surface area contributed by atoms with Gasteiger partial charge in [0.25, 0.3) is 0 Å². The lowest BCUT2D eigenvalue weighted by Gasteiger charge is -2.00. The van der Waals surface area contributed by atoms with Gasteiger partial charge in [0.1, 0.15) is 11.0 Å². The van der Waals surface area contributed by atoms with Crippen molar-refractivity contribution in [3.63, 3.8) is 0 Å². The smallest absolute Gasteiger partial charge is 0.263 e. The Balaban J connectivity index is 1.71. The fraction of sp³-hybridized carbons (Fsp3) is 0. The van der Waals surface area contributed by atoms with Gasteiger partial charge in [-0.25, -0.2) is 4.98 Å². The highest BCUT2D eigenvalue weighted by Gasteiger charge is 2.17. The average molecular weight is 393 g/mol. The Bertz CT molecular complexity index is 1270. The third kappa shape index (κ3) is 3.38. The summed E-state index contributed by atoms with van der Waals surface area (Å²) in [5.74, 6) is 0. The highest BCUT2D eigenvalue weighted by atomic mass is 32.2. The minimum absolute atomic E-state index is 0.0402. The van der Waals surface area contributed by atoms with E-state index in [0.717, 1.165) is 15.5 Å². The molecule has 0 saturated heterocycles. The van der Waals surface area contributed by atoms with E-state index in [0.29, 0.717) is 10.5 Å². The van der Waals surface area contributed by atoms with E-state index >= 15 is 0 Å². The summed E-state index contributed by atoms with van der Waals surface area (Å²) in [5, 5.41) is 15.3. The van der Waals surface area contributed by atoms with Crippen LogP contribution in [0, 0.1) is 11.3 Å². The predicted octanol–water partition coefficient (Wildman–Crippen LogP) is 4.08. The second kappa shape index (κ2) is 6.79. The van der Waals surface area contributed by atoms with Gasteiger partial charge >= 0.3 is 10.1 Å². The maximum absolute atomic E-state index is 12.2. The van der Waals surface area contributed by atoms with Gasteiger partial charge < -0.3 is 0 Å². The van der Waals surface area contributed by atoms with E-state index in [4.69, 9.17) is 4.28 Å². The largest absolute Gasteiger partial charge is 0.358 e. The van der Waals surface area contributed by atoms with Crippen LogP contribution in [0.2, 0.25) is 0 Å². The molecule has 0 bridgehead atoms. The van der Waals surface area contributed by atoms with Crippen LogP contribution in [0.5, 0.6) is 0 Å². The molecule has 132 valence electrons. The standard InChI is InChI=1S/C19H11N3O3S2/c20-12-17(22-25-27(23,24)15-8-2-1-3-9-15)19-21-16-10-13-6-4-5-7-14(13)11-18(16)26-19/h1-11H/b22-17+. The molecule has 0 N–H and O–H groups in total. The van der Waals surface area contributed by atoms with Crippen LogP contribution in [0.1, 0.15) is 5.01 Å². The fourth-order valence-corrected chi connectivity index (χ4v) is 4.21. The molecule has 4 aromatic rings. The molecule has 0 atom stereocenters. The van der Waals surface area contributed by atoms with Crippen LogP contribution in [-0.4, -0.2) is 19.1 Å². The number of fused-ring (bicyclic) bond motifs is 2. The first-order chi connectivity index (χ1) is 13.1. The fourth-order valence-electron chi connectivity index (χ4n) is 2.54. The van der Waals surface area contributed by atoms with Crippen molar-refractivity contribution in [3.8, 4) is 6.07 Å². The zero-order valence-corrected chi connectivity index (χ0v) is 15.4. The van der Waals surface area contributed by atoms with Gasteiger partial charge in [0.15, 0.2) is 5.01 Å². The molecule has 4 rings (SSSR count). The molecule has 27 heavy (non-hydrogen) atoms. The number of oxime groups is 1. The third-order valence-corrected chi connectivity index (χ3v) is 5.97. The van der Waals surface area contributed by atoms with Crippen LogP contribution in [-0.2, 0) is 14.4 Å². The van der Waals surface area contributed by atoms with Crippen molar-refractivity contribution in [1.29, 1.82) is 5.26 Å². The summed E-state index contributed by atoms with van der Waals surface area (Å²) in [6, 6.07) is 21.2. The number of nitrogens with zero attached hydrogens (tertiary/aromatic N) is 3. The summed E-state index contributed by atoms with van der Waals surface area (Å²) in [5.41, 5.74) is 0.516. The molecule has 0 unspecified atom stereocenters. The molecule has 0 amide bonds. The normalized spacial score (nSPS) is 12.2. The highest BCUT2D eigenvalue weighted by molar-refractivity contribution is 7.86. The summed E-state index contributed by atoms with van der Waals surface area (Å²) in [4.78, 5) is 4.36. The van der Waals surface area contributed by atoms with E-state index in [2.05, 4.69) is 10.1 Å². The lowest BCUT2D eigenvalue weighted by Crippen LogP contribution is -2.05. The second-order valence-electron chi connectivity index (χ2n) is 5.58. The van der Waals surface area contributed by atoms with Gasteiger partial charge in [-0.1, -0.05) is 47.6 Å². The Morgan fingerprint density at radius 2 is 1.70 bits per heavy atom. The number of hydrogen-bond acceptors (Lipinski definition) is 7. The van der Waals surface area contributed by atoms with Crippen molar-refractivity contribution in [1.82, 2.24) is 4.98 Å². The maximum atomic E-state index is 12.2. The molecule has 0 radical (unpaired) electrons. The number of aromatic nitrogens is 1. The highest BCUT2D eigenvalue weighted by Crippen LogP contribution is 2.28. The van der Waals surface area contributed by atoms with Gasteiger partial charge in [-0.3, -0.25) is 4.28 Å². The Hall–Kier alpha value is -3.28. The molecular weight excluding hydrogens is 382 g/mol. The van der Waals surface area contributed by atoms with Gasteiger partial charge in [-0.05, 0) is 35.0 Å². The van der Waals surface area contributed by atoms with Gasteiger partial charge in [-0.2, -0.15) is 13.7 Å². The third-order valence-electron chi connectivity index (χ3n) is 3.82. The van der Waals surface area contributed by atoms with Crippen LogP contribution in [0.4, 0.5) is 0 Å². The van der Waals surface area contributed by atoms with E-state index in [1.165, 1.54) is 23.5 Å². The van der Waals surface area contributed by atoms with Crippen LogP contribution < -0.4 is 0 Å². The maximum Gasteiger partial charge on any atom is 0.358 e. The minimum Gasteiger partial charge on any atom is -0.263 e. The molecule has 0 saturated carbocycles. The summed E-state index contributed by atoms with van der Waals surface area (Å²) in [6.07, 6.45) is 0. The molecule has 0 aliphatic rings. The van der Waals surface area contributed by atoms with Gasteiger partial charge in [-0.15, -0.1) is 11.3 Å².